The monoisotopic (exact) mass is 197 g/mol. The van der Waals surface area contributed by atoms with Crippen molar-refractivity contribution in [1.29, 1.82) is 0 Å². The van der Waals surface area contributed by atoms with E-state index in [0.29, 0.717) is 5.15 Å². The van der Waals surface area contributed by atoms with Crippen LogP contribution in [0.1, 0.15) is 20.3 Å². The summed E-state index contributed by atoms with van der Waals surface area (Å²) in [7, 11) is 0. The minimum atomic E-state index is 0.208. The molecule has 0 N–H and O–H groups in total. The molecule has 2 rings (SSSR count). The molecule has 1 aromatic rings. The highest BCUT2D eigenvalue weighted by molar-refractivity contribution is 6.29. The topological polar surface area (TPSA) is 29.0 Å². The van der Waals surface area contributed by atoms with E-state index < -0.39 is 0 Å². The van der Waals surface area contributed by atoms with Crippen LogP contribution in [-0.4, -0.2) is 22.1 Å². The Morgan fingerprint density at radius 3 is 2.69 bits per heavy atom. The van der Waals surface area contributed by atoms with Gasteiger partial charge < -0.3 is 4.90 Å². The molecule has 1 aliphatic rings. The fourth-order valence-corrected chi connectivity index (χ4v) is 1.70. The van der Waals surface area contributed by atoms with E-state index in [-0.39, 0.29) is 5.54 Å². The van der Waals surface area contributed by atoms with Gasteiger partial charge in [0.25, 0.3) is 0 Å². The Balaban J connectivity index is 2.26. The van der Waals surface area contributed by atoms with Gasteiger partial charge in [0.15, 0.2) is 0 Å². The van der Waals surface area contributed by atoms with E-state index in [2.05, 4.69) is 28.7 Å². The lowest BCUT2D eigenvalue weighted by Gasteiger charge is -2.49. The predicted octanol–water partition coefficient (Wildman–Crippen LogP) is 2.12. The van der Waals surface area contributed by atoms with Gasteiger partial charge in [-0.1, -0.05) is 11.6 Å². The lowest BCUT2D eigenvalue weighted by atomic mass is 9.89. The van der Waals surface area contributed by atoms with Crippen molar-refractivity contribution >= 4 is 17.4 Å². The standard InChI is InChI=1S/C9H12ClN3/c1-9(2)3-4-13(9)8-6-11-5-7(10)12-8/h5-6H,3-4H2,1-2H3. The van der Waals surface area contributed by atoms with Gasteiger partial charge in [-0.3, -0.25) is 4.98 Å². The van der Waals surface area contributed by atoms with Crippen LogP contribution in [0, 0.1) is 0 Å². The predicted molar refractivity (Wildman–Crippen MR) is 53.1 cm³/mol. The molecule has 0 unspecified atom stereocenters. The van der Waals surface area contributed by atoms with Gasteiger partial charge in [-0.25, -0.2) is 4.98 Å². The average Bonchev–Trinajstić information content (AvgIpc) is 2.02. The molecule has 0 aromatic carbocycles. The summed E-state index contributed by atoms with van der Waals surface area (Å²) in [6.45, 7) is 5.43. The molecule has 4 heteroatoms. The minimum absolute atomic E-state index is 0.208. The van der Waals surface area contributed by atoms with E-state index in [1.165, 1.54) is 6.42 Å². The first-order chi connectivity index (χ1) is 6.09. The Morgan fingerprint density at radius 2 is 2.23 bits per heavy atom. The molecule has 0 radical (unpaired) electrons. The molecular formula is C9H12ClN3. The largest absolute Gasteiger partial charge is 0.350 e. The second kappa shape index (κ2) is 2.84. The van der Waals surface area contributed by atoms with E-state index in [9.17, 15) is 0 Å². The summed E-state index contributed by atoms with van der Waals surface area (Å²) in [5, 5.41) is 0.459. The van der Waals surface area contributed by atoms with E-state index in [0.717, 1.165) is 12.4 Å². The maximum absolute atomic E-state index is 5.76. The molecule has 0 amide bonds. The molecule has 0 atom stereocenters. The molecule has 3 nitrogen and oxygen atoms in total. The summed E-state index contributed by atoms with van der Waals surface area (Å²) in [6.07, 6.45) is 4.51. The number of anilines is 1. The van der Waals surface area contributed by atoms with Crippen molar-refractivity contribution in [2.45, 2.75) is 25.8 Å². The Kier molecular flexibility index (Phi) is 1.91. The molecule has 0 aliphatic carbocycles. The quantitative estimate of drug-likeness (QED) is 0.691. The zero-order valence-electron chi connectivity index (χ0n) is 7.79. The fraction of sp³-hybridized carbons (Fsp3) is 0.556. The summed E-state index contributed by atoms with van der Waals surface area (Å²) in [4.78, 5) is 10.5. The van der Waals surface area contributed by atoms with Crippen LogP contribution in [-0.2, 0) is 0 Å². The number of aromatic nitrogens is 2. The molecule has 1 aromatic heterocycles. The van der Waals surface area contributed by atoms with Gasteiger partial charge >= 0.3 is 0 Å². The zero-order valence-corrected chi connectivity index (χ0v) is 8.54. The maximum Gasteiger partial charge on any atom is 0.149 e. The van der Waals surface area contributed by atoms with Gasteiger partial charge in [0.1, 0.15) is 11.0 Å². The van der Waals surface area contributed by atoms with Gasteiger partial charge in [0.05, 0.1) is 12.4 Å². The third kappa shape index (κ3) is 1.48. The molecule has 13 heavy (non-hydrogen) atoms. The fourth-order valence-electron chi connectivity index (χ4n) is 1.56. The third-order valence-electron chi connectivity index (χ3n) is 2.55. The Bertz CT molecular complexity index is 324. The highest BCUT2D eigenvalue weighted by Crippen LogP contribution is 2.33. The zero-order chi connectivity index (χ0) is 9.47. The molecule has 2 heterocycles. The second-order valence-electron chi connectivity index (χ2n) is 3.91. The third-order valence-corrected chi connectivity index (χ3v) is 2.73. The number of rotatable bonds is 1. The number of halogens is 1. The van der Waals surface area contributed by atoms with Crippen molar-refractivity contribution in [3.63, 3.8) is 0 Å². The highest BCUT2D eigenvalue weighted by Gasteiger charge is 2.36. The van der Waals surface area contributed by atoms with Crippen LogP contribution in [0.25, 0.3) is 0 Å². The van der Waals surface area contributed by atoms with Crippen LogP contribution in [0.15, 0.2) is 12.4 Å². The SMILES string of the molecule is CC1(C)CCN1c1cncc(Cl)n1. The highest BCUT2D eigenvalue weighted by atomic mass is 35.5. The molecule has 0 saturated carbocycles. The molecule has 1 aliphatic heterocycles. The van der Waals surface area contributed by atoms with Gasteiger partial charge in [0, 0.05) is 12.1 Å². The first-order valence-corrected chi connectivity index (χ1v) is 4.72. The van der Waals surface area contributed by atoms with Crippen LogP contribution in [0.4, 0.5) is 5.82 Å². The Labute approximate surface area is 82.8 Å². The van der Waals surface area contributed by atoms with Crippen molar-refractivity contribution < 1.29 is 0 Å². The Morgan fingerprint density at radius 1 is 1.46 bits per heavy atom. The van der Waals surface area contributed by atoms with E-state index in [1.807, 2.05) is 0 Å². The minimum Gasteiger partial charge on any atom is -0.350 e. The van der Waals surface area contributed by atoms with Crippen molar-refractivity contribution in [3.05, 3.63) is 17.5 Å². The van der Waals surface area contributed by atoms with Gasteiger partial charge in [-0.05, 0) is 20.3 Å². The van der Waals surface area contributed by atoms with Crippen LogP contribution in [0.3, 0.4) is 0 Å². The molecular weight excluding hydrogens is 186 g/mol. The lowest BCUT2D eigenvalue weighted by molar-refractivity contribution is 0.328. The van der Waals surface area contributed by atoms with Gasteiger partial charge in [0.2, 0.25) is 0 Å². The van der Waals surface area contributed by atoms with E-state index >= 15 is 0 Å². The molecule has 1 fully saturated rings. The van der Waals surface area contributed by atoms with Crippen molar-refractivity contribution in [1.82, 2.24) is 9.97 Å². The summed E-state index contributed by atoms with van der Waals surface area (Å²) in [6, 6.07) is 0. The van der Waals surface area contributed by atoms with Crippen molar-refractivity contribution in [3.8, 4) is 0 Å². The second-order valence-corrected chi connectivity index (χ2v) is 4.30. The summed E-state index contributed by atoms with van der Waals surface area (Å²) in [5.74, 6) is 0.878. The first kappa shape index (κ1) is 8.75. The Hall–Kier alpha value is -0.830. The number of hydrogen-bond acceptors (Lipinski definition) is 3. The summed E-state index contributed by atoms with van der Waals surface area (Å²) >= 11 is 5.76. The maximum atomic E-state index is 5.76. The lowest BCUT2D eigenvalue weighted by Crippen LogP contribution is -2.56. The van der Waals surface area contributed by atoms with Crippen molar-refractivity contribution in [2.24, 2.45) is 0 Å². The van der Waals surface area contributed by atoms with Crippen LogP contribution < -0.4 is 4.90 Å². The van der Waals surface area contributed by atoms with Crippen LogP contribution in [0.5, 0.6) is 0 Å². The molecule has 0 spiro atoms. The van der Waals surface area contributed by atoms with Crippen LogP contribution >= 0.6 is 11.6 Å². The summed E-state index contributed by atoms with van der Waals surface area (Å²) < 4.78 is 0. The normalized spacial score (nSPS) is 19.8. The molecule has 70 valence electrons. The first-order valence-electron chi connectivity index (χ1n) is 4.35. The average molecular weight is 198 g/mol. The van der Waals surface area contributed by atoms with E-state index in [1.54, 1.807) is 12.4 Å². The smallest absolute Gasteiger partial charge is 0.149 e. The summed E-state index contributed by atoms with van der Waals surface area (Å²) in [5.41, 5.74) is 0.208. The number of nitrogens with zero attached hydrogens (tertiary/aromatic N) is 3. The number of hydrogen-bond donors (Lipinski definition) is 0. The van der Waals surface area contributed by atoms with Crippen LogP contribution in [0.2, 0.25) is 5.15 Å². The van der Waals surface area contributed by atoms with E-state index in [4.69, 9.17) is 11.6 Å². The molecule has 0 bridgehead atoms. The molecule has 1 saturated heterocycles. The van der Waals surface area contributed by atoms with Gasteiger partial charge in [-0.15, -0.1) is 0 Å². The van der Waals surface area contributed by atoms with Crippen molar-refractivity contribution in [2.75, 3.05) is 11.4 Å². The van der Waals surface area contributed by atoms with Gasteiger partial charge in [-0.2, -0.15) is 0 Å².